The number of hydrogen-bond acceptors (Lipinski definition) is 1. The topological polar surface area (TPSA) is 12.0 Å². The first-order valence-corrected chi connectivity index (χ1v) is 7.02. The number of nitrogens with one attached hydrogen (secondary N) is 1. The second-order valence-electron chi connectivity index (χ2n) is 4.79. The van der Waals surface area contributed by atoms with Crippen LogP contribution < -0.4 is 5.32 Å². The summed E-state index contributed by atoms with van der Waals surface area (Å²) in [5.41, 5.74) is 4.83. The van der Waals surface area contributed by atoms with Gasteiger partial charge in [-0.05, 0) is 55.7 Å². The fraction of sp³-hybridized carbons (Fsp3) is 0.250. The number of halogens is 2. The zero-order valence-electron chi connectivity index (χ0n) is 11.3. The van der Waals surface area contributed by atoms with Gasteiger partial charge >= 0.3 is 0 Å². The van der Waals surface area contributed by atoms with Crippen LogP contribution in [0.25, 0.3) is 0 Å². The number of rotatable bonds is 3. The van der Waals surface area contributed by atoms with Crippen molar-refractivity contribution < 1.29 is 0 Å². The van der Waals surface area contributed by atoms with Crippen LogP contribution in [0.5, 0.6) is 0 Å². The molecule has 0 amide bonds. The average Bonchev–Trinajstić information content (AvgIpc) is 2.38. The molecule has 0 radical (unpaired) electrons. The minimum atomic E-state index is 0.176. The van der Waals surface area contributed by atoms with Crippen molar-refractivity contribution in [1.82, 2.24) is 0 Å². The van der Waals surface area contributed by atoms with E-state index in [-0.39, 0.29) is 6.04 Å². The molecule has 2 rings (SSSR count). The van der Waals surface area contributed by atoms with Crippen molar-refractivity contribution in [2.45, 2.75) is 26.8 Å². The lowest BCUT2D eigenvalue weighted by molar-refractivity contribution is 0.882. The third-order valence-corrected chi connectivity index (χ3v) is 4.16. The Morgan fingerprint density at radius 2 is 1.74 bits per heavy atom. The van der Waals surface area contributed by atoms with Gasteiger partial charge in [-0.3, -0.25) is 0 Å². The van der Waals surface area contributed by atoms with Crippen molar-refractivity contribution in [3.8, 4) is 0 Å². The van der Waals surface area contributed by atoms with E-state index < -0.39 is 0 Å². The second kappa shape index (κ2) is 5.85. The van der Waals surface area contributed by atoms with Crippen molar-refractivity contribution in [2.75, 3.05) is 5.32 Å². The van der Waals surface area contributed by atoms with Gasteiger partial charge in [-0.1, -0.05) is 41.4 Å². The number of aryl methyl sites for hydroxylation is 1. The Labute approximate surface area is 124 Å². The SMILES string of the molecule is Cc1cccc(NC(C)c2ccc(Cl)c(Cl)c2)c1C. The predicted octanol–water partition coefficient (Wildman–Crippen LogP) is 5.78. The summed E-state index contributed by atoms with van der Waals surface area (Å²) in [4.78, 5) is 0. The Morgan fingerprint density at radius 1 is 1.00 bits per heavy atom. The zero-order valence-corrected chi connectivity index (χ0v) is 12.8. The first kappa shape index (κ1) is 14.2. The summed E-state index contributed by atoms with van der Waals surface area (Å²) in [6, 6.07) is 12.2. The molecule has 1 N–H and O–H groups in total. The fourth-order valence-electron chi connectivity index (χ4n) is 2.01. The van der Waals surface area contributed by atoms with Crippen LogP contribution in [0.15, 0.2) is 36.4 Å². The maximum Gasteiger partial charge on any atom is 0.0595 e. The molecule has 1 nitrogen and oxygen atoms in total. The molecule has 3 heteroatoms. The van der Waals surface area contributed by atoms with E-state index in [1.54, 1.807) is 0 Å². The number of anilines is 1. The molecule has 1 atom stereocenters. The molecule has 0 aliphatic heterocycles. The van der Waals surface area contributed by atoms with Crippen molar-refractivity contribution in [3.63, 3.8) is 0 Å². The van der Waals surface area contributed by atoms with E-state index in [9.17, 15) is 0 Å². The highest BCUT2D eigenvalue weighted by Gasteiger charge is 2.09. The highest BCUT2D eigenvalue weighted by atomic mass is 35.5. The molecule has 1 unspecified atom stereocenters. The Hall–Kier alpha value is -1.18. The quantitative estimate of drug-likeness (QED) is 0.756. The molecule has 0 bridgehead atoms. The highest BCUT2D eigenvalue weighted by molar-refractivity contribution is 6.42. The highest BCUT2D eigenvalue weighted by Crippen LogP contribution is 2.28. The largest absolute Gasteiger partial charge is 0.378 e. The van der Waals surface area contributed by atoms with E-state index in [0.717, 1.165) is 11.3 Å². The van der Waals surface area contributed by atoms with Crippen LogP contribution in [0.4, 0.5) is 5.69 Å². The molecule has 0 spiro atoms. The van der Waals surface area contributed by atoms with Crippen LogP contribution in [-0.2, 0) is 0 Å². The van der Waals surface area contributed by atoms with Gasteiger partial charge in [0.1, 0.15) is 0 Å². The van der Waals surface area contributed by atoms with Crippen LogP contribution in [0.3, 0.4) is 0 Å². The summed E-state index contributed by atoms with van der Waals surface area (Å²) in [7, 11) is 0. The third kappa shape index (κ3) is 3.23. The summed E-state index contributed by atoms with van der Waals surface area (Å²) in [5, 5.41) is 4.69. The smallest absolute Gasteiger partial charge is 0.0595 e. The summed E-state index contributed by atoms with van der Waals surface area (Å²) < 4.78 is 0. The Bertz CT molecular complexity index is 593. The lowest BCUT2D eigenvalue weighted by Gasteiger charge is -2.18. The molecule has 100 valence electrons. The van der Waals surface area contributed by atoms with Crippen LogP contribution in [0.1, 0.15) is 29.7 Å². The van der Waals surface area contributed by atoms with Crippen LogP contribution in [0.2, 0.25) is 10.0 Å². The minimum absolute atomic E-state index is 0.176. The Kier molecular flexibility index (Phi) is 4.38. The normalized spacial score (nSPS) is 12.3. The van der Waals surface area contributed by atoms with Gasteiger partial charge in [0.15, 0.2) is 0 Å². The van der Waals surface area contributed by atoms with Gasteiger partial charge in [0, 0.05) is 11.7 Å². The standard InChI is InChI=1S/C16H17Cl2N/c1-10-5-4-6-16(11(10)2)19-12(3)13-7-8-14(17)15(18)9-13/h4-9,12,19H,1-3H3. The van der Waals surface area contributed by atoms with Gasteiger partial charge in [-0.25, -0.2) is 0 Å². The predicted molar refractivity (Wildman–Crippen MR) is 84.4 cm³/mol. The Morgan fingerprint density at radius 3 is 2.42 bits per heavy atom. The van der Waals surface area contributed by atoms with E-state index in [0.29, 0.717) is 10.0 Å². The fourth-order valence-corrected chi connectivity index (χ4v) is 2.31. The minimum Gasteiger partial charge on any atom is -0.378 e. The maximum atomic E-state index is 6.06. The van der Waals surface area contributed by atoms with E-state index in [2.05, 4.69) is 44.3 Å². The summed E-state index contributed by atoms with van der Waals surface area (Å²) >= 11 is 12.0. The average molecular weight is 294 g/mol. The van der Waals surface area contributed by atoms with Crippen molar-refractivity contribution >= 4 is 28.9 Å². The van der Waals surface area contributed by atoms with Crippen molar-refractivity contribution in [1.29, 1.82) is 0 Å². The van der Waals surface area contributed by atoms with Gasteiger partial charge < -0.3 is 5.32 Å². The maximum absolute atomic E-state index is 6.06. The van der Waals surface area contributed by atoms with Gasteiger partial charge in [0.2, 0.25) is 0 Å². The van der Waals surface area contributed by atoms with E-state index in [4.69, 9.17) is 23.2 Å². The van der Waals surface area contributed by atoms with Crippen molar-refractivity contribution in [3.05, 3.63) is 63.1 Å². The van der Waals surface area contributed by atoms with E-state index >= 15 is 0 Å². The lowest BCUT2D eigenvalue weighted by Crippen LogP contribution is -2.08. The van der Waals surface area contributed by atoms with Crippen molar-refractivity contribution in [2.24, 2.45) is 0 Å². The number of hydrogen-bond donors (Lipinski definition) is 1. The summed E-state index contributed by atoms with van der Waals surface area (Å²) in [6.07, 6.45) is 0. The molecule has 0 saturated heterocycles. The van der Waals surface area contributed by atoms with Gasteiger partial charge in [0.25, 0.3) is 0 Å². The monoisotopic (exact) mass is 293 g/mol. The molecule has 0 aliphatic carbocycles. The van der Waals surface area contributed by atoms with Gasteiger partial charge in [-0.2, -0.15) is 0 Å². The van der Waals surface area contributed by atoms with E-state index in [1.807, 2.05) is 18.2 Å². The molecule has 2 aromatic carbocycles. The van der Waals surface area contributed by atoms with Gasteiger partial charge in [-0.15, -0.1) is 0 Å². The summed E-state index contributed by atoms with van der Waals surface area (Å²) in [6.45, 7) is 6.35. The molecule has 2 aromatic rings. The Balaban J connectivity index is 2.23. The third-order valence-electron chi connectivity index (χ3n) is 3.42. The molecule has 0 aromatic heterocycles. The molecule has 0 heterocycles. The molecule has 0 fully saturated rings. The molecule has 0 aliphatic rings. The molecular weight excluding hydrogens is 277 g/mol. The van der Waals surface area contributed by atoms with Crippen LogP contribution in [0, 0.1) is 13.8 Å². The molecule has 19 heavy (non-hydrogen) atoms. The zero-order chi connectivity index (χ0) is 14.0. The van der Waals surface area contributed by atoms with Crippen LogP contribution >= 0.6 is 23.2 Å². The second-order valence-corrected chi connectivity index (χ2v) is 5.60. The van der Waals surface area contributed by atoms with Crippen LogP contribution in [-0.4, -0.2) is 0 Å². The first-order chi connectivity index (χ1) is 8.99. The summed E-state index contributed by atoms with van der Waals surface area (Å²) in [5.74, 6) is 0. The van der Waals surface area contributed by atoms with E-state index in [1.165, 1.54) is 11.1 Å². The first-order valence-electron chi connectivity index (χ1n) is 6.26. The molecule has 0 saturated carbocycles. The van der Waals surface area contributed by atoms with Gasteiger partial charge in [0.05, 0.1) is 10.0 Å². The molecular formula is C16H17Cl2N. The lowest BCUT2D eigenvalue weighted by atomic mass is 10.1. The number of benzene rings is 2.